The number of carbonyl (C=O) groups excluding carboxylic acids is 1. The first-order valence-corrected chi connectivity index (χ1v) is 9.51. The highest BCUT2D eigenvalue weighted by Crippen LogP contribution is 2.30. The van der Waals surface area contributed by atoms with E-state index in [4.69, 9.17) is 4.42 Å². The van der Waals surface area contributed by atoms with E-state index in [1.807, 2.05) is 24.3 Å². The number of benzene rings is 3. The summed E-state index contributed by atoms with van der Waals surface area (Å²) in [6.45, 7) is 2.13. The first-order valence-electron chi connectivity index (χ1n) is 9.51. The molecule has 0 fully saturated rings. The molecule has 2 aromatic heterocycles. The lowest BCUT2D eigenvalue weighted by Crippen LogP contribution is -2.20. The fourth-order valence-corrected chi connectivity index (χ4v) is 3.78. The smallest absolute Gasteiger partial charge is 0.349 e. The Hall–Kier alpha value is -3.86. The Morgan fingerprint density at radius 3 is 2.72 bits per heavy atom. The molecule has 1 amide bonds. The van der Waals surface area contributed by atoms with Gasteiger partial charge in [0, 0.05) is 32.9 Å². The van der Waals surface area contributed by atoms with Crippen molar-refractivity contribution in [2.45, 2.75) is 13.3 Å². The van der Waals surface area contributed by atoms with Crippen molar-refractivity contribution < 1.29 is 9.21 Å². The summed E-state index contributed by atoms with van der Waals surface area (Å²) in [5, 5.41) is 5.77. The number of aromatic amines is 1. The number of fused-ring (bicyclic) bond motifs is 4. The zero-order chi connectivity index (χ0) is 20.0. The van der Waals surface area contributed by atoms with Gasteiger partial charge in [0.15, 0.2) is 0 Å². The quantitative estimate of drug-likeness (QED) is 0.419. The molecule has 0 aliphatic heterocycles. The Kier molecular flexibility index (Phi) is 3.95. The van der Waals surface area contributed by atoms with E-state index in [9.17, 15) is 9.59 Å². The zero-order valence-corrected chi connectivity index (χ0v) is 15.8. The van der Waals surface area contributed by atoms with Crippen LogP contribution >= 0.6 is 0 Å². The number of amides is 1. The lowest BCUT2D eigenvalue weighted by Gasteiger charge is -2.05. The van der Waals surface area contributed by atoms with E-state index >= 15 is 0 Å². The fraction of sp³-hybridized carbons (Fsp3) is 0.0833. The molecule has 0 aliphatic rings. The topological polar surface area (TPSA) is 75.1 Å². The Morgan fingerprint density at radius 2 is 1.86 bits per heavy atom. The third-order valence-corrected chi connectivity index (χ3v) is 5.24. The van der Waals surface area contributed by atoms with Crippen molar-refractivity contribution in [2.24, 2.45) is 0 Å². The molecule has 2 N–H and O–H groups in total. The van der Waals surface area contributed by atoms with Crippen molar-refractivity contribution in [2.75, 3.05) is 5.32 Å². The van der Waals surface area contributed by atoms with E-state index in [1.165, 1.54) is 5.56 Å². The summed E-state index contributed by atoms with van der Waals surface area (Å²) in [6.07, 6.45) is 0.936. The average Bonchev–Trinajstić information content (AvgIpc) is 3.11. The van der Waals surface area contributed by atoms with Gasteiger partial charge < -0.3 is 14.7 Å². The van der Waals surface area contributed by atoms with Crippen LogP contribution < -0.4 is 10.9 Å². The van der Waals surface area contributed by atoms with Crippen LogP contribution in [0.3, 0.4) is 0 Å². The molecule has 0 aliphatic carbocycles. The molecule has 3 aromatic carbocycles. The van der Waals surface area contributed by atoms with Crippen molar-refractivity contribution >= 4 is 44.4 Å². The molecule has 0 saturated heterocycles. The van der Waals surface area contributed by atoms with Gasteiger partial charge in [-0.15, -0.1) is 0 Å². The summed E-state index contributed by atoms with van der Waals surface area (Å²) in [5.41, 5.74) is 3.69. The third-order valence-electron chi connectivity index (χ3n) is 5.24. The minimum absolute atomic E-state index is 0.0197. The van der Waals surface area contributed by atoms with Gasteiger partial charge in [0.05, 0.1) is 0 Å². The number of H-pyrrole nitrogens is 1. The number of para-hydroxylation sites is 2. The highest BCUT2D eigenvalue weighted by molar-refractivity contribution is 6.11. The number of nitrogens with one attached hydrogen (secondary N) is 2. The van der Waals surface area contributed by atoms with Crippen LogP contribution in [-0.4, -0.2) is 10.9 Å². The summed E-state index contributed by atoms with van der Waals surface area (Å²) in [4.78, 5) is 28.4. The van der Waals surface area contributed by atoms with Crippen LogP contribution in [-0.2, 0) is 6.42 Å². The zero-order valence-electron chi connectivity index (χ0n) is 15.8. The Labute approximate surface area is 166 Å². The summed E-state index contributed by atoms with van der Waals surface area (Å²) in [6, 6.07) is 20.6. The minimum atomic E-state index is -0.652. The average molecular weight is 382 g/mol. The molecule has 5 heteroatoms. The van der Waals surface area contributed by atoms with E-state index in [0.29, 0.717) is 16.7 Å². The third kappa shape index (κ3) is 2.88. The number of rotatable bonds is 3. The summed E-state index contributed by atoms with van der Waals surface area (Å²) in [7, 11) is 0. The van der Waals surface area contributed by atoms with Gasteiger partial charge in [0.25, 0.3) is 5.91 Å². The standard InChI is InChI=1S/C24H18N2O3/c1-2-14-7-5-8-18-17-11-10-16(13-20(17)26-22(14)18)25-23(27)19-12-15-6-3-4-9-21(15)29-24(19)28/h3-13,26H,2H2,1H3,(H,25,27). The monoisotopic (exact) mass is 382 g/mol. The van der Waals surface area contributed by atoms with Gasteiger partial charge in [-0.25, -0.2) is 4.79 Å². The first kappa shape index (κ1) is 17.3. The van der Waals surface area contributed by atoms with Crippen molar-refractivity contribution in [3.05, 3.63) is 88.3 Å². The largest absolute Gasteiger partial charge is 0.422 e. The lowest BCUT2D eigenvalue weighted by atomic mass is 10.1. The molecule has 0 unspecified atom stereocenters. The van der Waals surface area contributed by atoms with Crippen LogP contribution in [0.2, 0.25) is 0 Å². The van der Waals surface area contributed by atoms with Gasteiger partial charge in [-0.3, -0.25) is 4.79 Å². The molecule has 0 saturated carbocycles. The van der Waals surface area contributed by atoms with Crippen LogP contribution in [0.1, 0.15) is 22.8 Å². The maximum atomic E-state index is 12.7. The predicted molar refractivity (Wildman–Crippen MR) is 116 cm³/mol. The normalized spacial score (nSPS) is 11.3. The highest BCUT2D eigenvalue weighted by Gasteiger charge is 2.15. The molecular formula is C24H18N2O3. The van der Waals surface area contributed by atoms with Crippen molar-refractivity contribution in [3.63, 3.8) is 0 Å². The number of anilines is 1. The Balaban J connectivity index is 1.53. The van der Waals surface area contributed by atoms with E-state index < -0.39 is 11.5 Å². The molecule has 5 rings (SSSR count). The van der Waals surface area contributed by atoms with E-state index in [0.717, 1.165) is 28.2 Å². The number of aryl methyl sites for hydroxylation is 1. The van der Waals surface area contributed by atoms with E-state index in [1.54, 1.807) is 24.3 Å². The molecule has 5 aromatic rings. The second kappa shape index (κ2) is 6.63. The molecular weight excluding hydrogens is 364 g/mol. The van der Waals surface area contributed by atoms with Crippen molar-refractivity contribution in [1.29, 1.82) is 0 Å². The van der Waals surface area contributed by atoms with Crippen LogP contribution in [0, 0.1) is 0 Å². The number of hydrogen-bond donors (Lipinski definition) is 2. The van der Waals surface area contributed by atoms with Gasteiger partial charge in [0.2, 0.25) is 0 Å². The van der Waals surface area contributed by atoms with Gasteiger partial charge >= 0.3 is 5.63 Å². The highest BCUT2D eigenvalue weighted by atomic mass is 16.4. The van der Waals surface area contributed by atoms with Crippen molar-refractivity contribution in [3.8, 4) is 0 Å². The van der Waals surface area contributed by atoms with Gasteiger partial charge in [-0.05, 0) is 36.2 Å². The number of carbonyl (C=O) groups is 1. The first-order chi connectivity index (χ1) is 14.1. The molecule has 29 heavy (non-hydrogen) atoms. The van der Waals surface area contributed by atoms with E-state index in [2.05, 4.69) is 35.4 Å². The van der Waals surface area contributed by atoms with Crippen LogP contribution in [0.15, 0.2) is 75.9 Å². The predicted octanol–water partition coefficient (Wildman–Crippen LogP) is 5.24. The molecule has 0 atom stereocenters. The second-order valence-corrected chi connectivity index (χ2v) is 7.02. The summed E-state index contributed by atoms with van der Waals surface area (Å²) >= 11 is 0. The molecule has 0 bridgehead atoms. The minimum Gasteiger partial charge on any atom is -0.422 e. The Morgan fingerprint density at radius 1 is 1.00 bits per heavy atom. The Bertz CT molecular complexity index is 1460. The van der Waals surface area contributed by atoms with Crippen molar-refractivity contribution in [1.82, 2.24) is 4.98 Å². The van der Waals surface area contributed by atoms with Gasteiger partial charge in [0.1, 0.15) is 11.1 Å². The summed E-state index contributed by atoms with van der Waals surface area (Å²) in [5.74, 6) is -0.491. The lowest BCUT2D eigenvalue weighted by molar-refractivity contribution is 0.102. The van der Waals surface area contributed by atoms with Crippen LogP contribution in [0.5, 0.6) is 0 Å². The van der Waals surface area contributed by atoms with Gasteiger partial charge in [-0.1, -0.05) is 49.4 Å². The molecule has 0 radical (unpaired) electrons. The van der Waals surface area contributed by atoms with Gasteiger partial charge in [-0.2, -0.15) is 0 Å². The second-order valence-electron chi connectivity index (χ2n) is 7.02. The maximum absolute atomic E-state index is 12.7. The summed E-state index contributed by atoms with van der Waals surface area (Å²) < 4.78 is 5.26. The molecule has 5 nitrogen and oxygen atoms in total. The van der Waals surface area contributed by atoms with Crippen LogP contribution in [0.4, 0.5) is 5.69 Å². The number of aromatic nitrogens is 1. The fourth-order valence-electron chi connectivity index (χ4n) is 3.78. The van der Waals surface area contributed by atoms with Crippen LogP contribution in [0.25, 0.3) is 32.8 Å². The van der Waals surface area contributed by atoms with E-state index in [-0.39, 0.29) is 5.56 Å². The number of hydrogen-bond acceptors (Lipinski definition) is 3. The SMILES string of the molecule is CCc1cccc2c1[nH]c1cc(NC(=O)c3cc4ccccc4oc3=O)ccc12. The maximum Gasteiger partial charge on any atom is 0.349 e. The molecule has 142 valence electrons. The molecule has 0 spiro atoms. The molecule has 2 heterocycles.